The summed E-state index contributed by atoms with van der Waals surface area (Å²) in [5.41, 5.74) is -0.0869. The van der Waals surface area contributed by atoms with Crippen LogP contribution in [-0.2, 0) is 4.79 Å². The standard InChI is InChI=1S/C17H26Br3NO/c1-4-11-7-5-6-10-21(11)14(22)17-9-8-16(12(17)18,13(19)20)15(17,2)3/h11-13H,4-10H2,1-3H3. The maximum Gasteiger partial charge on any atom is 0.230 e. The Morgan fingerprint density at radius 3 is 2.45 bits per heavy atom. The Kier molecular flexibility index (Phi) is 4.61. The van der Waals surface area contributed by atoms with Crippen LogP contribution in [0.25, 0.3) is 0 Å². The molecule has 4 atom stereocenters. The van der Waals surface area contributed by atoms with E-state index in [1.54, 1.807) is 0 Å². The van der Waals surface area contributed by atoms with Gasteiger partial charge in [-0.2, -0.15) is 0 Å². The molecule has 0 N–H and O–H groups in total. The molecule has 1 aliphatic heterocycles. The molecule has 0 aromatic heterocycles. The molecule has 4 fully saturated rings. The summed E-state index contributed by atoms with van der Waals surface area (Å²) in [6.07, 6.45) is 6.81. The number of hydrogen-bond donors (Lipinski definition) is 0. The lowest BCUT2D eigenvalue weighted by atomic mass is 9.43. The fraction of sp³-hybridized carbons (Fsp3) is 0.941. The van der Waals surface area contributed by atoms with Crippen LogP contribution in [0.15, 0.2) is 0 Å². The Bertz CT molecular complexity index is 481. The molecule has 1 amide bonds. The predicted octanol–water partition coefficient (Wildman–Crippen LogP) is 5.46. The number of hydrogen-bond acceptors (Lipinski definition) is 1. The highest BCUT2D eigenvalue weighted by Gasteiger charge is 2.83. The fourth-order valence-electron chi connectivity index (χ4n) is 5.62. The number of piperidine rings is 1. The number of carbonyl (C=O) groups excluding carboxylic acids is 1. The van der Waals surface area contributed by atoms with Crippen molar-refractivity contribution in [3.8, 4) is 0 Å². The highest BCUT2D eigenvalue weighted by atomic mass is 79.9. The Morgan fingerprint density at radius 1 is 1.27 bits per heavy atom. The van der Waals surface area contributed by atoms with E-state index in [1.807, 2.05) is 0 Å². The second-order valence-electron chi connectivity index (χ2n) is 7.86. The van der Waals surface area contributed by atoms with Crippen LogP contribution in [0.4, 0.5) is 0 Å². The van der Waals surface area contributed by atoms with Gasteiger partial charge >= 0.3 is 0 Å². The van der Waals surface area contributed by atoms with Crippen molar-refractivity contribution in [2.24, 2.45) is 16.2 Å². The molecule has 4 rings (SSSR count). The number of rotatable bonds is 3. The number of likely N-dealkylation sites (tertiary alicyclic amines) is 1. The van der Waals surface area contributed by atoms with Crippen molar-refractivity contribution in [2.75, 3.05) is 6.54 Å². The van der Waals surface area contributed by atoms with E-state index in [0.29, 0.717) is 11.9 Å². The maximum absolute atomic E-state index is 13.6. The molecule has 1 heterocycles. The first-order valence-corrected chi connectivity index (χ1v) is 11.3. The van der Waals surface area contributed by atoms with Gasteiger partial charge in [0.05, 0.1) is 9.15 Å². The molecule has 0 aromatic carbocycles. The van der Waals surface area contributed by atoms with Crippen molar-refractivity contribution in [1.82, 2.24) is 4.90 Å². The van der Waals surface area contributed by atoms with Gasteiger partial charge in [0.2, 0.25) is 5.91 Å². The van der Waals surface area contributed by atoms with Gasteiger partial charge in [-0.05, 0) is 43.9 Å². The fourth-order valence-corrected chi connectivity index (χ4v) is 10.5. The van der Waals surface area contributed by atoms with Crippen LogP contribution in [0.5, 0.6) is 0 Å². The van der Waals surface area contributed by atoms with E-state index in [0.717, 1.165) is 32.2 Å². The minimum atomic E-state index is -0.225. The highest BCUT2D eigenvalue weighted by molar-refractivity contribution is 9.24. The molecule has 2 bridgehead atoms. The number of halogens is 3. The quantitative estimate of drug-likeness (QED) is 0.472. The minimum Gasteiger partial charge on any atom is -0.339 e. The smallest absolute Gasteiger partial charge is 0.230 e. The second-order valence-corrected chi connectivity index (χ2v) is 11.8. The summed E-state index contributed by atoms with van der Waals surface area (Å²) in [7, 11) is 0. The van der Waals surface area contributed by atoms with Crippen molar-refractivity contribution >= 4 is 53.7 Å². The van der Waals surface area contributed by atoms with Crippen molar-refractivity contribution in [1.29, 1.82) is 0 Å². The molecular weight excluding hydrogens is 474 g/mol. The van der Waals surface area contributed by atoms with Crippen LogP contribution in [0.2, 0.25) is 0 Å². The van der Waals surface area contributed by atoms with Crippen LogP contribution < -0.4 is 0 Å². The molecular formula is C17H26Br3NO. The largest absolute Gasteiger partial charge is 0.339 e. The first-order valence-electron chi connectivity index (χ1n) is 8.50. The summed E-state index contributed by atoms with van der Waals surface area (Å²) >= 11 is 11.5. The zero-order valence-corrected chi connectivity index (χ0v) is 18.4. The van der Waals surface area contributed by atoms with E-state index >= 15 is 0 Å². The molecule has 0 aromatic rings. The Labute approximate surface area is 159 Å². The summed E-state index contributed by atoms with van der Waals surface area (Å²) < 4.78 is 0.249. The van der Waals surface area contributed by atoms with E-state index < -0.39 is 0 Å². The summed E-state index contributed by atoms with van der Waals surface area (Å²) in [5, 5.41) is 0. The summed E-state index contributed by atoms with van der Waals surface area (Å²) in [6.45, 7) is 7.78. The van der Waals surface area contributed by atoms with Crippen LogP contribution in [0.1, 0.15) is 59.3 Å². The van der Waals surface area contributed by atoms with E-state index in [1.165, 1.54) is 12.8 Å². The highest BCUT2D eigenvalue weighted by Crippen LogP contribution is 2.82. The molecule has 22 heavy (non-hydrogen) atoms. The van der Waals surface area contributed by atoms with Crippen LogP contribution in [-0.4, -0.2) is 32.0 Å². The SMILES string of the molecule is CCC1CCCCN1C(=O)C12CCC(C(Br)Br)(C1Br)C2(C)C. The maximum atomic E-state index is 13.6. The van der Waals surface area contributed by atoms with Gasteiger partial charge in [-0.1, -0.05) is 68.6 Å². The molecule has 0 spiro atoms. The molecule has 3 aliphatic carbocycles. The van der Waals surface area contributed by atoms with Gasteiger partial charge in [0, 0.05) is 22.8 Å². The Morgan fingerprint density at radius 2 is 1.95 bits per heavy atom. The van der Waals surface area contributed by atoms with Gasteiger partial charge in [0.25, 0.3) is 0 Å². The van der Waals surface area contributed by atoms with Crippen LogP contribution in [0, 0.1) is 16.2 Å². The molecule has 5 heteroatoms. The summed E-state index contributed by atoms with van der Waals surface area (Å²) in [5.74, 6) is 0.416. The zero-order valence-electron chi connectivity index (χ0n) is 13.7. The van der Waals surface area contributed by atoms with E-state index in [-0.39, 0.29) is 24.8 Å². The molecule has 3 saturated carbocycles. The number of fused-ring (bicyclic) bond motifs is 1. The topological polar surface area (TPSA) is 20.3 Å². The van der Waals surface area contributed by atoms with Gasteiger partial charge < -0.3 is 4.90 Å². The molecule has 1 saturated heterocycles. The molecule has 126 valence electrons. The second kappa shape index (κ2) is 5.72. The third-order valence-electron chi connectivity index (χ3n) is 7.23. The van der Waals surface area contributed by atoms with Crippen molar-refractivity contribution in [3.05, 3.63) is 0 Å². The molecule has 4 aliphatic rings. The Hall–Kier alpha value is 0.910. The average Bonchev–Trinajstić information content (AvgIpc) is 2.96. The van der Waals surface area contributed by atoms with E-state index in [4.69, 9.17) is 0 Å². The molecule has 4 unspecified atom stereocenters. The van der Waals surface area contributed by atoms with Crippen molar-refractivity contribution in [3.63, 3.8) is 0 Å². The monoisotopic (exact) mass is 497 g/mol. The summed E-state index contributed by atoms with van der Waals surface area (Å²) in [4.78, 5) is 16.1. The minimum absolute atomic E-state index is 0.0126. The summed E-state index contributed by atoms with van der Waals surface area (Å²) in [6, 6.07) is 0.450. The lowest BCUT2D eigenvalue weighted by molar-refractivity contribution is -0.176. The zero-order chi connectivity index (χ0) is 16.3. The van der Waals surface area contributed by atoms with Crippen LogP contribution in [0.3, 0.4) is 0 Å². The Balaban J connectivity index is 1.93. The first-order chi connectivity index (χ1) is 10.3. The lowest BCUT2D eigenvalue weighted by Crippen LogP contribution is -2.73. The lowest BCUT2D eigenvalue weighted by Gasteiger charge is -2.67. The number of amides is 1. The predicted molar refractivity (Wildman–Crippen MR) is 102 cm³/mol. The normalized spacial score (nSPS) is 43.3. The number of carbonyl (C=O) groups is 1. The van der Waals surface area contributed by atoms with Gasteiger partial charge in [0.1, 0.15) is 0 Å². The van der Waals surface area contributed by atoms with Gasteiger partial charge in [0.15, 0.2) is 0 Å². The average molecular weight is 500 g/mol. The molecule has 2 nitrogen and oxygen atoms in total. The van der Waals surface area contributed by atoms with E-state index in [9.17, 15) is 4.79 Å². The number of alkyl halides is 3. The van der Waals surface area contributed by atoms with Gasteiger partial charge in [-0.15, -0.1) is 0 Å². The third kappa shape index (κ3) is 1.85. The van der Waals surface area contributed by atoms with Crippen molar-refractivity contribution in [2.45, 2.75) is 73.9 Å². The van der Waals surface area contributed by atoms with E-state index in [2.05, 4.69) is 73.5 Å². The number of nitrogens with zero attached hydrogens (tertiary/aromatic N) is 1. The van der Waals surface area contributed by atoms with Gasteiger partial charge in [-0.3, -0.25) is 4.79 Å². The van der Waals surface area contributed by atoms with Gasteiger partial charge in [-0.25, -0.2) is 0 Å². The van der Waals surface area contributed by atoms with Crippen LogP contribution >= 0.6 is 47.8 Å². The third-order valence-corrected chi connectivity index (χ3v) is 10.5. The first kappa shape index (κ1) is 17.7. The van der Waals surface area contributed by atoms with Crippen molar-refractivity contribution < 1.29 is 4.79 Å². The molecule has 0 radical (unpaired) electrons.